The Morgan fingerprint density at radius 1 is 1.36 bits per heavy atom. The van der Waals surface area contributed by atoms with Gasteiger partial charge in [-0.2, -0.15) is 0 Å². The van der Waals surface area contributed by atoms with Crippen molar-refractivity contribution in [1.29, 1.82) is 0 Å². The predicted octanol–water partition coefficient (Wildman–Crippen LogP) is 1.78. The van der Waals surface area contributed by atoms with E-state index in [4.69, 9.17) is 17.3 Å². The molecule has 0 amide bonds. The van der Waals surface area contributed by atoms with Crippen molar-refractivity contribution in [2.75, 3.05) is 18.8 Å². The van der Waals surface area contributed by atoms with Crippen LogP contribution in [0.25, 0.3) is 0 Å². The highest BCUT2D eigenvalue weighted by Crippen LogP contribution is 2.28. The summed E-state index contributed by atoms with van der Waals surface area (Å²) in [7, 11) is 0. The molecule has 2 heterocycles. The van der Waals surface area contributed by atoms with Gasteiger partial charge < -0.3 is 11.1 Å². The van der Waals surface area contributed by atoms with E-state index < -0.39 is 0 Å². The zero-order chi connectivity index (χ0) is 9.97. The van der Waals surface area contributed by atoms with Gasteiger partial charge in [0.25, 0.3) is 0 Å². The standard InChI is InChI=1S/C10H14ClN3/c11-9-2-1-8(12)10(14-9)7-3-5-13-6-4-7/h1-2,7,13H,3-6,12H2. The fraction of sp³-hybridized carbons (Fsp3) is 0.500. The Morgan fingerprint density at radius 2 is 2.07 bits per heavy atom. The van der Waals surface area contributed by atoms with Crippen molar-refractivity contribution < 1.29 is 0 Å². The summed E-state index contributed by atoms with van der Waals surface area (Å²) in [5.41, 5.74) is 7.62. The summed E-state index contributed by atoms with van der Waals surface area (Å²) in [5, 5.41) is 3.85. The molecule has 0 bridgehead atoms. The van der Waals surface area contributed by atoms with E-state index >= 15 is 0 Å². The number of piperidine rings is 1. The first kappa shape index (κ1) is 9.74. The van der Waals surface area contributed by atoms with E-state index in [1.165, 1.54) is 0 Å². The largest absolute Gasteiger partial charge is 0.397 e. The number of halogens is 1. The van der Waals surface area contributed by atoms with Gasteiger partial charge in [0.15, 0.2) is 0 Å². The molecular formula is C10H14ClN3. The van der Waals surface area contributed by atoms with Gasteiger partial charge in [-0.1, -0.05) is 11.6 Å². The van der Waals surface area contributed by atoms with Gasteiger partial charge in [-0.25, -0.2) is 4.98 Å². The molecule has 0 spiro atoms. The predicted molar refractivity (Wildman–Crippen MR) is 58.5 cm³/mol. The van der Waals surface area contributed by atoms with Crippen LogP contribution < -0.4 is 11.1 Å². The molecule has 1 saturated heterocycles. The molecule has 2 rings (SSSR count). The van der Waals surface area contributed by atoms with Crippen LogP contribution in [-0.2, 0) is 0 Å². The first-order chi connectivity index (χ1) is 6.77. The van der Waals surface area contributed by atoms with Crippen LogP contribution in [-0.4, -0.2) is 18.1 Å². The van der Waals surface area contributed by atoms with Crippen molar-refractivity contribution in [3.8, 4) is 0 Å². The van der Waals surface area contributed by atoms with Gasteiger partial charge in [0, 0.05) is 5.92 Å². The van der Waals surface area contributed by atoms with Crippen LogP contribution in [0.3, 0.4) is 0 Å². The van der Waals surface area contributed by atoms with Gasteiger partial charge in [-0.15, -0.1) is 0 Å². The normalized spacial score (nSPS) is 18.4. The van der Waals surface area contributed by atoms with Crippen molar-refractivity contribution in [2.45, 2.75) is 18.8 Å². The zero-order valence-corrected chi connectivity index (χ0v) is 8.72. The Hall–Kier alpha value is -0.800. The van der Waals surface area contributed by atoms with Crippen LogP contribution >= 0.6 is 11.6 Å². The number of hydrogen-bond donors (Lipinski definition) is 2. The van der Waals surface area contributed by atoms with Crippen LogP contribution in [0.5, 0.6) is 0 Å². The monoisotopic (exact) mass is 211 g/mol. The Bertz CT molecular complexity index is 321. The summed E-state index contributed by atoms with van der Waals surface area (Å²) in [6.07, 6.45) is 2.19. The summed E-state index contributed by atoms with van der Waals surface area (Å²) in [6.45, 7) is 2.08. The Morgan fingerprint density at radius 3 is 2.79 bits per heavy atom. The van der Waals surface area contributed by atoms with E-state index in [2.05, 4.69) is 10.3 Å². The maximum absolute atomic E-state index is 5.88. The molecular weight excluding hydrogens is 198 g/mol. The number of pyridine rings is 1. The summed E-state index contributed by atoms with van der Waals surface area (Å²) in [6, 6.07) is 3.58. The molecule has 0 radical (unpaired) electrons. The van der Waals surface area contributed by atoms with Gasteiger partial charge in [-0.05, 0) is 38.1 Å². The lowest BCUT2D eigenvalue weighted by Crippen LogP contribution is -2.27. The minimum absolute atomic E-state index is 0.468. The van der Waals surface area contributed by atoms with Crippen molar-refractivity contribution >= 4 is 17.3 Å². The fourth-order valence-electron chi connectivity index (χ4n) is 1.88. The molecule has 1 aliphatic rings. The number of hydrogen-bond acceptors (Lipinski definition) is 3. The molecule has 1 aliphatic heterocycles. The third-order valence-corrected chi connectivity index (χ3v) is 2.86. The summed E-state index contributed by atoms with van der Waals surface area (Å²) >= 11 is 5.85. The highest BCUT2D eigenvalue weighted by molar-refractivity contribution is 6.29. The van der Waals surface area contributed by atoms with Crippen molar-refractivity contribution in [1.82, 2.24) is 10.3 Å². The topological polar surface area (TPSA) is 50.9 Å². The smallest absolute Gasteiger partial charge is 0.129 e. The summed E-state index contributed by atoms with van der Waals surface area (Å²) < 4.78 is 0. The lowest BCUT2D eigenvalue weighted by atomic mass is 9.93. The van der Waals surface area contributed by atoms with Gasteiger partial charge in [0.1, 0.15) is 5.15 Å². The maximum Gasteiger partial charge on any atom is 0.129 e. The number of nitrogens with one attached hydrogen (secondary N) is 1. The molecule has 4 heteroatoms. The molecule has 0 unspecified atom stereocenters. The Kier molecular flexibility index (Phi) is 2.89. The number of aromatic nitrogens is 1. The van der Waals surface area contributed by atoms with E-state index in [0.29, 0.717) is 11.1 Å². The molecule has 14 heavy (non-hydrogen) atoms. The number of nitrogen functional groups attached to an aromatic ring is 1. The number of anilines is 1. The molecule has 1 fully saturated rings. The first-order valence-corrected chi connectivity index (χ1v) is 5.28. The summed E-state index contributed by atoms with van der Waals surface area (Å²) in [5.74, 6) is 0.468. The lowest BCUT2D eigenvalue weighted by Gasteiger charge is -2.23. The molecule has 0 aliphatic carbocycles. The fourth-order valence-corrected chi connectivity index (χ4v) is 2.04. The highest BCUT2D eigenvalue weighted by Gasteiger charge is 2.18. The third-order valence-electron chi connectivity index (χ3n) is 2.65. The van der Waals surface area contributed by atoms with E-state index in [-0.39, 0.29) is 0 Å². The van der Waals surface area contributed by atoms with Gasteiger partial charge in [0.05, 0.1) is 11.4 Å². The quantitative estimate of drug-likeness (QED) is 0.697. The van der Waals surface area contributed by atoms with Crippen molar-refractivity contribution in [3.63, 3.8) is 0 Å². The average Bonchev–Trinajstić information content (AvgIpc) is 2.23. The molecule has 0 saturated carbocycles. The lowest BCUT2D eigenvalue weighted by molar-refractivity contribution is 0.454. The molecule has 0 atom stereocenters. The minimum Gasteiger partial charge on any atom is -0.397 e. The Balaban J connectivity index is 2.24. The second-order valence-corrected chi connectivity index (χ2v) is 4.02. The first-order valence-electron chi connectivity index (χ1n) is 4.90. The maximum atomic E-state index is 5.88. The SMILES string of the molecule is Nc1ccc(Cl)nc1C1CCNCC1. The number of nitrogens with two attached hydrogens (primary N) is 1. The van der Waals surface area contributed by atoms with E-state index in [1.54, 1.807) is 6.07 Å². The molecule has 3 N–H and O–H groups in total. The van der Waals surface area contributed by atoms with Gasteiger partial charge in [0.2, 0.25) is 0 Å². The van der Waals surface area contributed by atoms with Crippen LogP contribution in [0.2, 0.25) is 5.15 Å². The molecule has 1 aromatic rings. The van der Waals surface area contributed by atoms with E-state index in [0.717, 1.165) is 37.3 Å². The molecule has 1 aromatic heterocycles. The van der Waals surface area contributed by atoms with Crippen LogP contribution in [0.4, 0.5) is 5.69 Å². The van der Waals surface area contributed by atoms with Crippen molar-refractivity contribution in [2.24, 2.45) is 0 Å². The molecule has 0 aromatic carbocycles. The Labute approximate surface area is 88.7 Å². The average molecular weight is 212 g/mol. The van der Waals surface area contributed by atoms with Gasteiger partial charge in [-0.3, -0.25) is 0 Å². The zero-order valence-electron chi connectivity index (χ0n) is 7.96. The van der Waals surface area contributed by atoms with Gasteiger partial charge >= 0.3 is 0 Å². The molecule has 3 nitrogen and oxygen atoms in total. The van der Waals surface area contributed by atoms with Crippen LogP contribution in [0.1, 0.15) is 24.5 Å². The summed E-state index contributed by atoms with van der Waals surface area (Å²) in [4.78, 5) is 4.31. The highest BCUT2D eigenvalue weighted by atomic mass is 35.5. The second-order valence-electron chi connectivity index (χ2n) is 3.63. The second kappa shape index (κ2) is 4.15. The van der Waals surface area contributed by atoms with Crippen LogP contribution in [0.15, 0.2) is 12.1 Å². The molecule has 76 valence electrons. The third kappa shape index (κ3) is 1.99. The number of nitrogens with zero attached hydrogens (tertiary/aromatic N) is 1. The van der Waals surface area contributed by atoms with Crippen molar-refractivity contribution in [3.05, 3.63) is 23.0 Å². The van der Waals surface area contributed by atoms with Crippen LogP contribution in [0, 0.1) is 0 Å². The number of rotatable bonds is 1. The minimum atomic E-state index is 0.468. The van der Waals surface area contributed by atoms with E-state index in [9.17, 15) is 0 Å². The van der Waals surface area contributed by atoms with E-state index in [1.807, 2.05) is 6.07 Å².